The van der Waals surface area contributed by atoms with Crippen molar-refractivity contribution in [2.24, 2.45) is 0 Å². The Morgan fingerprint density at radius 2 is 2.00 bits per heavy atom. The first kappa shape index (κ1) is 4.67. The van der Waals surface area contributed by atoms with Gasteiger partial charge in [-0.3, -0.25) is 0 Å². The third-order valence-corrected chi connectivity index (χ3v) is 0. The van der Waals surface area contributed by atoms with Gasteiger partial charge in [0.05, 0.1) is 0 Å². The van der Waals surface area contributed by atoms with Crippen molar-refractivity contribution >= 4 is 24.5 Å². The summed E-state index contributed by atoms with van der Waals surface area (Å²) in [5, 5.41) is 0. The average molecular weight is 91.9 g/mol. The van der Waals surface area contributed by atoms with Crippen LogP contribution in [-0.2, 0) is 9.78 Å². The van der Waals surface area contributed by atoms with Crippen LogP contribution in [0, 0.1) is 0 Å². The van der Waals surface area contributed by atoms with E-state index >= 15 is 0 Å². The minimum atomic E-state index is -1.06. The van der Waals surface area contributed by atoms with Crippen molar-refractivity contribution in [2.75, 3.05) is 0 Å². The van der Waals surface area contributed by atoms with Crippen LogP contribution in [0.15, 0.2) is 0 Å². The van der Waals surface area contributed by atoms with E-state index in [-0.39, 0.29) is 0 Å². The van der Waals surface area contributed by atoms with E-state index in [1.807, 2.05) is 0 Å². The molecular formula is H2BOPS-. The number of hydrogen-bond donors (Lipinski definition) is 1. The molecule has 0 unspecified atom stereocenters. The third-order valence-electron chi connectivity index (χ3n) is 0. The van der Waals surface area contributed by atoms with Crippen LogP contribution < -0.4 is 0 Å². The van der Waals surface area contributed by atoms with Gasteiger partial charge in [-0.05, 0) is 0 Å². The van der Waals surface area contributed by atoms with Crippen LogP contribution >= 0.6 is 8.02 Å². The van der Waals surface area contributed by atoms with Crippen molar-refractivity contribution in [3.63, 3.8) is 0 Å². The Morgan fingerprint density at radius 1 is 2.00 bits per heavy atom. The van der Waals surface area contributed by atoms with Crippen molar-refractivity contribution in [3.8, 4) is 0 Å². The molecule has 4 heavy (non-hydrogen) atoms. The normalized spacial score (nSPS) is 8.25. The van der Waals surface area contributed by atoms with E-state index in [4.69, 9.17) is 4.55 Å². The third kappa shape index (κ3) is 16.5. The van der Waals surface area contributed by atoms with E-state index in [2.05, 4.69) is 14.7 Å². The first-order valence-corrected chi connectivity index (χ1v) is 3.09. The summed E-state index contributed by atoms with van der Waals surface area (Å²) in [7, 11) is 1.62. The minimum absolute atomic E-state index is 1.06. The molecule has 0 spiro atoms. The molecule has 23 valence electrons. The summed E-state index contributed by atoms with van der Waals surface area (Å²) in [5.74, 6) is 0. The average Bonchev–Trinajstić information content (AvgIpc) is 0.811. The predicted octanol–water partition coefficient (Wildman–Crippen LogP) is 0.219. The Balaban J connectivity index is 3.51. The van der Waals surface area contributed by atoms with Gasteiger partial charge in [-0.25, -0.2) is 0 Å². The molecule has 0 heterocycles. The maximum absolute atomic E-state index is 7.77. The fourth-order valence-electron chi connectivity index (χ4n) is 0. The summed E-state index contributed by atoms with van der Waals surface area (Å²) in [5.41, 5.74) is 0. The molecule has 4 heteroatoms. The second kappa shape index (κ2) is 1.95. The van der Waals surface area contributed by atoms with Gasteiger partial charge in [-0.15, -0.1) is 0 Å². The zero-order valence-corrected chi connectivity index (χ0v) is 3.75. The molecule has 0 aliphatic carbocycles. The molecule has 0 aromatic heterocycles. The van der Waals surface area contributed by atoms with Gasteiger partial charge in [-0.1, -0.05) is 0 Å². The van der Waals surface area contributed by atoms with Crippen molar-refractivity contribution in [1.29, 1.82) is 0 Å². The van der Waals surface area contributed by atoms with E-state index in [1.54, 1.807) is 0 Å². The van der Waals surface area contributed by atoms with Crippen LogP contribution in [0.1, 0.15) is 0 Å². The van der Waals surface area contributed by atoms with Crippen LogP contribution in [0.25, 0.3) is 0 Å². The molecule has 1 radical (unpaired) electrons. The molecule has 0 bridgehead atoms. The van der Waals surface area contributed by atoms with E-state index in [9.17, 15) is 0 Å². The maximum atomic E-state index is 7.77. The summed E-state index contributed by atoms with van der Waals surface area (Å²) in [4.78, 5) is 0. The van der Waals surface area contributed by atoms with Gasteiger partial charge in [0.25, 0.3) is 0 Å². The van der Waals surface area contributed by atoms with Crippen LogP contribution in [0.2, 0.25) is 0 Å². The second-order valence-electron chi connectivity index (χ2n) is 0.315. The Kier molecular flexibility index (Phi) is 2.28. The molecule has 0 fully saturated rings. The summed E-state index contributed by atoms with van der Waals surface area (Å²) < 4.78 is 7.77. The molecule has 0 aliphatic heterocycles. The quantitative estimate of drug-likeness (QED) is 0.257. The van der Waals surface area contributed by atoms with Crippen molar-refractivity contribution < 1.29 is 4.55 Å². The zero-order valence-electron chi connectivity index (χ0n) is 1.93. The standard InChI is InChI=1S/BH2OPS/c1-4(2)3/h2-3H/q-1. The van der Waals surface area contributed by atoms with Gasteiger partial charge in [0.15, 0.2) is 0 Å². The summed E-state index contributed by atoms with van der Waals surface area (Å²) in [6.07, 6.45) is 0. The van der Waals surface area contributed by atoms with Crippen LogP contribution in [0.5, 0.6) is 0 Å². The Hall–Kier alpha value is 0.675. The Bertz CT molecular complexity index is 56.4. The SMILES string of the molecule is [B]=[S-](O)=P. The van der Waals surface area contributed by atoms with Crippen molar-refractivity contribution in [2.45, 2.75) is 0 Å². The van der Waals surface area contributed by atoms with Gasteiger partial charge < -0.3 is 0 Å². The van der Waals surface area contributed by atoms with Crippen LogP contribution in [0.3, 0.4) is 0 Å². The van der Waals surface area contributed by atoms with Gasteiger partial charge in [-0.2, -0.15) is 0 Å². The van der Waals surface area contributed by atoms with Gasteiger partial charge >= 0.3 is 29.1 Å². The molecule has 0 aliphatic rings. The second-order valence-corrected chi connectivity index (χ2v) is 2.20. The summed E-state index contributed by atoms with van der Waals surface area (Å²) >= 11 is 0. The van der Waals surface area contributed by atoms with E-state index in [0.29, 0.717) is 0 Å². The summed E-state index contributed by atoms with van der Waals surface area (Å²) in [6, 6.07) is 0. The van der Waals surface area contributed by atoms with Crippen molar-refractivity contribution in [1.82, 2.24) is 0 Å². The zero-order chi connectivity index (χ0) is 3.58. The van der Waals surface area contributed by atoms with Crippen LogP contribution in [-0.4, -0.2) is 11.3 Å². The fraction of sp³-hybridized carbons (Fsp3) is 0. The van der Waals surface area contributed by atoms with Crippen LogP contribution in [0.4, 0.5) is 0 Å². The van der Waals surface area contributed by atoms with E-state index in [1.165, 1.54) is 0 Å². The molecule has 0 atom stereocenters. The Labute approximate surface area is 29.9 Å². The van der Waals surface area contributed by atoms with Gasteiger partial charge in [0.1, 0.15) is 0 Å². The molecular weight excluding hydrogens is 89.9 g/mol. The van der Waals surface area contributed by atoms with Crippen molar-refractivity contribution in [3.05, 3.63) is 0 Å². The molecule has 1 N–H and O–H groups in total. The molecule has 0 aromatic carbocycles. The Morgan fingerprint density at radius 3 is 2.00 bits per heavy atom. The molecule has 0 aromatic rings. The van der Waals surface area contributed by atoms with E-state index in [0.717, 1.165) is 0 Å². The molecule has 0 saturated carbocycles. The first-order valence-electron chi connectivity index (χ1n) is 0.622. The van der Waals surface area contributed by atoms with Gasteiger partial charge in [0, 0.05) is 0 Å². The number of hydrogen-bond acceptors (Lipinski definition) is 1. The summed E-state index contributed by atoms with van der Waals surface area (Å²) in [6.45, 7) is 4.61. The molecule has 0 saturated heterocycles. The topological polar surface area (TPSA) is 20.2 Å². The first-order chi connectivity index (χ1) is 1.73. The predicted molar refractivity (Wildman–Crippen MR) is 24.1 cm³/mol. The fourth-order valence-corrected chi connectivity index (χ4v) is 0. The monoisotopic (exact) mass is 92.0 g/mol. The van der Waals surface area contributed by atoms with Gasteiger partial charge in [0.2, 0.25) is 0 Å². The number of rotatable bonds is 0. The molecule has 1 nitrogen and oxygen atoms in total. The molecule has 0 amide bonds. The van der Waals surface area contributed by atoms with E-state index < -0.39 is 9.78 Å². The molecule has 0 rings (SSSR count).